The smallest absolute Gasteiger partial charge is 0.344 e. The standard InChI is InChI=1S/C20H20N2O6/c1-3-25-15-7-9-16(10-8-15)26-13-19(23)27-12-18-21-20(22-28-18)14-5-4-6-17(11-14)24-2/h4-11H,3,12-13H2,1-2H3. The summed E-state index contributed by atoms with van der Waals surface area (Å²) < 4.78 is 26.1. The summed E-state index contributed by atoms with van der Waals surface area (Å²) in [6.07, 6.45) is 0. The van der Waals surface area contributed by atoms with Crippen molar-refractivity contribution >= 4 is 5.97 Å². The van der Waals surface area contributed by atoms with Crippen molar-refractivity contribution in [1.29, 1.82) is 0 Å². The molecule has 0 bridgehead atoms. The number of ether oxygens (including phenoxy) is 4. The maximum atomic E-state index is 11.8. The Hall–Kier alpha value is -3.55. The summed E-state index contributed by atoms with van der Waals surface area (Å²) in [5, 5.41) is 3.88. The molecule has 3 aromatic rings. The molecule has 0 amide bonds. The molecule has 0 N–H and O–H groups in total. The number of carbonyl (C=O) groups is 1. The Morgan fingerprint density at radius 2 is 1.79 bits per heavy atom. The Bertz CT molecular complexity index is 907. The summed E-state index contributed by atoms with van der Waals surface area (Å²) in [5.41, 5.74) is 0.736. The molecule has 146 valence electrons. The third-order valence-corrected chi connectivity index (χ3v) is 3.64. The molecular weight excluding hydrogens is 364 g/mol. The largest absolute Gasteiger partial charge is 0.497 e. The average molecular weight is 384 g/mol. The first-order chi connectivity index (χ1) is 13.7. The summed E-state index contributed by atoms with van der Waals surface area (Å²) in [7, 11) is 1.58. The second-order valence-corrected chi connectivity index (χ2v) is 5.60. The van der Waals surface area contributed by atoms with E-state index in [-0.39, 0.29) is 19.1 Å². The van der Waals surface area contributed by atoms with E-state index in [1.807, 2.05) is 25.1 Å². The number of esters is 1. The molecule has 8 nitrogen and oxygen atoms in total. The van der Waals surface area contributed by atoms with Gasteiger partial charge in [0.05, 0.1) is 13.7 Å². The highest BCUT2D eigenvalue weighted by molar-refractivity contribution is 5.71. The molecule has 0 aliphatic carbocycles. The van der Waals surface area contributed by atoms with Crippen LogP contribution in [0.5, 0.6) is 17.2 Å². The maximum Gasteiger partial charge on any atom is 0.344 e. The van der Waals surface area contributed by atoms with Gasteiger partial charge in [-0.3, -0.25) is 0 Å². The van der Waals surface area contributed by atoms with Gasteiger partial charge >= 0.3 is 5.97 Å². The van der Waals surface area contributed by atoms with Crippen LogP contribution in [0, 0.1) is 0 Å². The number of nitrogens with zero attached hydrogens (tertiary/aromatic N) is 2. The van der Waals surface area contributed by atoms with E-state index >= 15 is 0 Å². The van der Waals surface area contributed by atoms with Gasteiger partial charge in [-0.2, -0.15) is 4.98 Å². The van der Waals surface area contributed by atoms with Crippen LogP contribution in [0.15, 0.2) is 53.1 Å². The average Bonchev–Trinajstić information content (AvgIpc) is 3.21. The molecule has 0 saturated carbocycles. The molecule has 0 saturated heterocycles. The molecule has 0 spiro atoms. The topological polar surface area (TPSA) is 92.9 Å². The van der Waals surface area contributed by atoms with E-state index < -0.39 is 5.97 Å². The van der Waals surface area contributed by atoms with Crippen LogP contribution in [0.3, 0.4) is 0 Å². The van der Waals surface area contributed by atoms with E-state index in [1.165, 1.54) is 0 Å². The molecular formula is C20H20N2O6. The highest BCUT2D eigenvalue weighted by Crippen LogP contribution is 2.21. The zero-order valence-corrected chi connectivity index (χ0v) is 15.6. The van der Waals surface area contributed by atoms with Crippen molar-refractivity contribution in [2.24, 2.45) is 0 Å². The first-order valence-corrected chi connectivity index (χ1v) is 8.66. The molecule has 0 aliphatic heterocycles. The van der Waals surface area contributed by atoms with Gasteiger partial charge in [-0.25, -0.2) is 4.79 Å². The van der Waals surface area contributed by atoms with E-state index in [1.54, 1.807) is 37.4 Å². The molecule has 1 heterocycles. The van der Waals surface area contributed by atoms with Crippen molar-refractivity contribution in [3.63, 3.8) is 0 Å². The molecule has 28 heavy (non-hydrogen) atoms. The van der Waals surface area contributed by atoms with Crippen LogP contribution in [-0.2, 0) is 16.1 Å². The molecule has 0 radical (unpaired) electrons. The fourth-order valence-corrected chi connectivity index (χ4v) is 2.32. The first-order valence-electron chi connectivity index (χ1n) is 8.66. The van der Waals surface area contributed by atoms with Crippen molar-refractivity contribution in [2.75, 3.05) is 20.3 Å². The molecule has 0 atom stereocenters. The van der Waals surface area contributed by atoms with Gasteiger partial charge in [-0.05, 0) is 43.3 Å². The van der Waals surface area contributed by atoms with E-state index in [2.05, 4.69) is 10.1 Å². The van der Waals surface area contributed by atoms with Crippen molar-refractivity contribution in [3.05, 3.63) is 54.4 Å². The lowest BCUT2D eigenvalue weighted by atomic mass is 10.2. The van der Waals surface area contributed by atoms with Gasteiger partial charge in [0.1, 0.15) is 17.2 Å². The summed E-state index contributed by atoms with van der Waals surface area (Å²) in [6.45, 7) is 2.12. The predicted octanol–water partition coefficient (Wildman–Crippen LogP) is 3.27. The van der Waals surface area contributed by atoms with Crippen LogP contribution in [0.4, 0.5) is 0 Å². The van der Waals surface area contributed by atoms with E-state index in [4.69, 9.17) is 23.5 Å². The Morgan fingerprint density at radius 3 is 2.50 bits per heavy atom. The van der Waals surface area contributed by atoms with Crippen molar-refractivity contribution in [3.8, 4) is 28.6 Å². The Balaban J connectivity index is 1.47. The lowest BCUT2D eigenvalue weighted by Crippen LogP contribution is -2.14. The predicted molar refractivity (Wildman–Crippen MR) is 99.2 cm³/mol. The van der Waals surface area contributed by atoms with Crippen LogP contribution in [-0.4, -0.2) is 36.4 Å². The number of hydrogen-bond acceptors (Lipinski definition) is 8. The minimum absolute atomic E-state index is 0.136. The van der Waals surface area contributed by atoms with Gasteiger partial charge in [0.25, 0.3) is 5.89 Å². The summed E-state index contributed by atoms with van der Waals surface area (Å²) in [5.74, 6) is 1.98. The lowest BCUT2D eigenvalue weighted by molar-refractivity contribution is -0.148. The van der Waals surface area contributed by atoms with Gasteiger partial charge in [0, 0.05) is 5.56 Å². The van der Waals surface area contributed by atoms with Gasteiger partial charge in [0.2, 0.25) is 5.82 Å². The van der Waals surface area contributed by atoms with Crippen molar-refractivity contribution in [1.82, 2.24) is 10.1 Å². The van der Waals surface area contributed by atoms with Gasteiger partial charge in [-0.15, -0.1) is 0 Å². The molecule has 0 fully saturated rings. The molecule has 3 rings (SSSR count). The Kier molecular flexibility index (Phi) is 6.46. The number of hydrogen-bond donors (Lipinski definition) is 0. The van der Waals surface area contributed by atoms with Gasteiger partial charge < -0.3 is 23.5 Å². The molecule has 0 aliphatic rings. The van der Waals surface area contributed by atoms with E-state index in [9.17, 15) is 4.79 Å². The number of aromatic nitrogens is 2. The third kappa shape index (κ3) is 5.23. The minimum Gasteiger partial charge on any atom is -0.497 e. The van der Waals surface area contributed by atoms with Crippen LogP contribution in [0.2, 0.25) is 0 Å². The quantitative estimate of drug-likeness (QED) is 0.519. The van der Waals surface area contributed by atoms with Crippen molar-refractivity contribution < 1.29 is 28.3 Å². The van der Waals surface area contributed by atoms with Crippen LogP contribution in [0.1, 0.15) is 12.8 Å². The fraction of sp³-hybridized carbons (Fsp3) is 0.250. The molecule has 0 unspecified atom stereocenters. The highest BCUT2D eigenvalue weighted by atomic mass is 16.6. The van der Waals surface area contributed by atoms with E-state index in [0.717, 1.165) is 11.3 Å². The van der Waals surface area contributed by atoms with E-state index in [0.29, 0.717) is 23.9 Å². The number of rotatable bonds is 9. The number of methoxy groups -OCH3 is 1. The van der Waals surface area contributed by atoms with Crippen molar-refractivity contribution in [2.45, 2.75) is 13.5 Å². The molecule has 8 heteroatoms. The first kappa shape index (κ1) is 19.2. The zero-order chi connectivity index (χ0) is 19.8. The number of carbonyl (C=O) groups excluding carboxylic acids is 1. The maximum absolute atomic E-state index is 11.8. The highest BCUT2D eigenvalue weighted by Gasteiger charge is 2.12. The molecule has 1 aromatic heterocycles. The molecule has 2 aromatic carbocycles. The summed E-state index contributed by atoms with van der Waals surface area (Å²) >= 11 is 0. The summed E-state index contributed by atoms with van der Waals surface area (Å²) in [6, 6.07) is 14.2. The zero-order valence-electron chi connectivity index (χ0n) is 15.6. The summed E-state index contributed by atoms with van der Waals surface area (Å²) in [4.78, 5) is 16.0. The second kappa shape index (κ2) is 9.40. The third-order valence-electron chi connectivity index (χ3n) is 3.64. The lowest BCUT2D eigenvalue weighted by Gasteiger charge is -2.07. The number of benzene rings is 2. The van der Waals surface area contributed by atoms with Crippen LogP contribution >= 0.6 is 0 Å². The minimum atomic E-state index is -0.546. The second-order valence-electron chi connectivity index (χ2n) is 5.60. The van der Waals surface area contributed by atoms with Gasteiger partial charge in [0.15, 0.2) is 13.2 Å². The Labute approximate surface area is 162 Å². The van der Waals surface area contributed by atoms with Crippen LogP contribution in [0.25, 0.3) is 11.4 Å². The van der Waals surface area contributed by atoms with Gasteiger partial charge in [-0.1, -0.05) is 17.3 Å². The SMILES string of the molecule is CCOc1ccc(OCC(=O)OCc2nc(-c3cccc(OC)c3)no2)cc1. The normalized spacial score (nSPS) is 10.4. The monoisotopic (exact) mass is 384 g/mol. The fourth-order valence-electron chi connectivity index (χ4n) is 2.32. The van der Waals surface area contributed by atoms with Crippen LogP contribution < -0.4 is 14.2 Å². The Morgan fingerprint density at radius 1 is 1.04 bits per heavy atom.